The molecule has 2 rings (SSSR count). The van der Waals surface area contributed by atoms with E-state index in [2.05, 4.69) is 29.2 Å². The number of allylic oxidation sites excluding steroid dienone is 1. The molecule has 4 nitrogen and oxygen atoms in total. The van der Waals surface area contributed by atoms with E-state index in [0.29, 0.717) is 6.54 Å². The summed E-state index contributed by atoms with van der Waals surface area (Å²) in [5.74, 6) is 0. The van der Waals surface area contributed by atoms with E-state index in [-0.39, 0.29) is 0 Å². The molecule has 4 heteroatoms. The molecule has 0 fully saturated rings. The van der Waals surface area contributed by atoms with Crippen molar-refractivity contribution in [1.29, 1.82) is 0 Å². The molecule has 2 aromatic rings. The van der Waals surface area contributed by atoms with Crippen LogP contribution in [-0.4, -0.2) is 15.6 Å². The molecular formula is C13H16N4. The molecule has 0 aromatic carbocycles. The van der Waals surface area contributed by atoms with Crippen LogP contribution in [0.25, 0.3) is 5.65 Å². The van der Waals surface area contributed by atoms with Gasteiger partial charge in [-0.3, -0.25) is 4.99 Å². The lowest BCUT2D eigenvalue weighted by atomic mass is 10.3. The van der Waals surface area contributed by atoms with Gasteiger partial charge in [-0.2, -0.15) is 0 Å². The molecule has 0 unspecified atom stereocenters. The van der Waals surface area contributed by atoms with E-state index in [9.17, 15) is 0 Å². The molecule has 0 aliphatic carbocycles. The number of aryl methyl sites for hydroxylation is 1. The fourth-order valence-corrected chi connectivity index (χ4v) is 1.56. The maximum Gasteiger partial charge on any atom is 0.137 e. The summed E-state index contributed by atoms with van der Waals surface area (Å²) < 4.78 is 2.02. The zero-order chi connectivity index (χ0) is 12.3. The van der Waals surface area contributed by atoms with Gasteiger partial charge in [0.25, 0.3) is 0 Å². The van der Waals surface area contributed by atoms with Crippen LogP contribution in [0.3, 0.4) is 0 Å². The Kier molecular flexibility index (Phi) is 3.23. The van der Waals surface area contributed by atoms with Gasteiger partial charge in [0.05, 0.1) is 12.2 Å². The van der Waals surface area contributed by atoms with Crippen molar-refractivity contribution in [3.63, 3.8) is 0 Å². The molecule has 0 spiro atoms. The summed E-state index contributed by atoms with van der Waals surface area (Å²) in [4.78, 5) is 8.76. The Morgan fingerprint density at radius 2 is 2.29 bits per heavy atom. The van der Waals surface area contributed by atoms with Crippen LogP contribution in [-0.2, 0) is 6.54 Å². The number of nitrogens with two attached hydrogens (primary N) is 1. The van der Waals surface area contributed by atoms with Crippen molar-refractivity contribution in [1.82, 2.24) is 9.38 Å². The molecule has 2 heterocycles. The van der Waals surface area contributed by atoms with Gasteiger partial charge in [-0.1, -0.05) is 6.07 Å². The Morgan fingerprint density at radius 3 is 3.06 bits per heavy atom. The summed E-state index contributed by atoms with van der Waals surface area (Å²) in [6.45, 7) is 4.55. The van der Waals surface area contributed by atoms with Gasteiger partial charge in [0.2, 0.25) is 0 Å². The lowest BCUT2D eigenvalue weighted by Crippen LogP contribution is -1.87. The number of hydrogen-bond acceptors (Lipinski definition) is 3. The Balaban J connectivity index is 2.17. The number of imidazole rings is 1. The van der Waals surface area contributed by atoms with Crippen LogP contribution in [0.15, 0.2) is 41.3 Å². The normalized spacial score (nSPS) is 12.7. The number of fused-ring (bicyclic) bond motifs is 1. The molecule has 0 atom stereocenters. The third-order valence-corrected chi connectivity index (χ3v) is 2.46. The number of rotatable bonds is 3. The Hall–Kier alpha value is -2.10. The van der Waals surface area contributed by atoms with Crippen molar-refractivity contribution in [3.8, 4) is 0 Å². The summed E-state index contributed by atoms with van der Waals surface area (Å²) >= 11 is 0. The first kappa shape index (κ1) is 11.4. The number of aromatic nitrogens is 2. The summed E-state index contributed by atoms with van der Waals surface area (Å²) in [5.41, 5.74) is 9.43. The number of aliphatic imine (C=N–C) groups is 1. The molecule has 17 heavy (non-hydrogen) atoms. The van der Waals surface area contributed by atoms with Crippen LogP contribution >= 0.6 is 0 Å². The van der Waals surface area contributed by atoms with E-state index in [4.69, 9.17) is 5.73 Å². The van der Waals surface area contributed by atoms with Gasteiger partial charge in [-0.25, -0.2) is 4.98 Å². The highest BCUT2D eigenvalue weighted by atomic mass is 15.0. The van der Waals surface area contributed by atoms with E-state index in [1.807, 2.05) is 23.6 Å². The SMILES string of the molecule is C/C(C=NCc1cn2cc(C)ccc2n1)=C/N. The lowest BCUT2D eigenvalue weighted by molar-refractivity contribution is 1.02. The average molecular weight is 228 g/mol. The molecule has 0 radical (unpaired) electrons. The standard InChI is InChI=1S/C13H16N4/c1-10-3-4-13-16-12(9-17(13)8-10)7-15-6-11(2)5-14/h3-6,8-9H,7,14H2,1-2H3/b11-5-,15-6?. The molecule has 0 aliphatic heterocycles. The van der Waals surface area contributed by atoms with E-state index < -0.39 is 0 Å². The maximum absolute atomic E-state index is 5.36. The minimum Gasteiger partial charge on any atom is -0.404 e. The van der Waals surface area contributed by atoms with E-state index in [1.54, 1.807) is 6.21 Å². The van der Waals surface area contributed by atoms with Crippen molar-refractivity contribution in [2.45, 2.75) is 20.4 Å². The number of pyridine rings is 1. The largest absolute Gasteiger partial charge is 0.404 e. The van der Waals surface area contributed by atoms with Gasteiger partial charge >= 0.3 is 0 Å². The zero-order valence-electron chi connectivity index (χ0n) is 10.1. The van der Waals surface area contributed by atoms with Gasteiger partial charge in [0, 0.05) is 18.6 Å². The highest BCUT2D eigenvalue weighted by Gasteiger charge is 1.99. The van der Waals surface area contributed by atoms with Crippen molar-refractivity contribution in [2.75, 3.05) is 0 Å². The van der Waals surface area contributed by atoms with Gasteiger partial charge in [-0.15, -0.1) is 0 Å². The first-order valence-corrected chi connectivity index (χ1v) is 5.51. The zero-order valence-corrected chi connectivity index (χ0v) is 10.1. The topological polar surface area (TPSA) is 55.7 Å². The van der Waals surface area contributed by atoms with E-state index in [0.717, 1.165) is 16.9 Å². The Bertz CT molecular complexity index is 578. The fraction of sp³-hybridized carbons (Fsp3) is 0.231. The van der Waals surface area contributed by atoms with Crippen molar-refractivity contribution in [3.05, 3.63) is 47.6 Å². The Labute approximate surface area is 101 Å². The summed E-state index contributed by atoms with van der Waals surface area (Å²) in [6, 6.07) is 4.06. The minimum absolute atomic E-state index is 0.575. The summed E-state index contributed by atoms with van der Waals surface area (Å²) in [6.07, 6.45) is 7.35. The molecule has 0 saturated carbocycles. The number of hydrogen-bond donors (Lipinski definition) is 1. The van der Waals surface area contributed by atoms with Crippen LogP contribution in [0, 0.1) is 6.92 Å². The highest BCUT2D eigenvalue weighted by Crippen LogP contribution is 2.07. The van der Waals surface area contributed by atoms with Gasteiger partial charge in [0.15, 0.2) is 0 Å². The fourth-order valence-electron chi connectivity index (χ4n) is 1.56. The van der Waals surface area contributed by atoms with E-state index >= 15 is 0 Å². The van der Waals surface area contributed by atoms with Crippen LogP contribution in [0.4, 0.5) is 0 Å². The second kappa shape index (κ2) is 4.82. The first-order chi connectivity index (χ1) is 8.19. The monoisotopic (exact) mass is 228 g/mol. The molecular weight excluding hydrogens is 212 g/mol. The van der Waals surface area contributed by atoms with E-state index in [1.165, 1.54) is 11.8 Å². The van der Waals surface area contributed by atoms with Gasteiger partial charge in [-0.05, 0) is 37.3 Å². The second-order valence-corrected chi connectivity index (χ2v) is 4.08. The van der Waals surface area contributed by atoms with Crippen LogP contribution < -0.4 is 5.73 Å². The summed E-state index contributed by atoms with van der Waals surface area (Å²) in [7, 11) is 0. The van der Waals surface area contributed by atoms with Crippen molar-refractivity contribution >= 4 is 11.9 Å². The smallest absolute Gasteiger partial charge is 0.137 e. The molecule has 0 bridgehead atoms. The van der Waals surface area contributed by atoms with Gasteiger partial charge < -0.3 is 10.1 Å². The maximum atomic E-state index is 5.36. The van der Waals surface area contributed by atoms with Gasteiger partial charge in [0.1, 0.15) is 5.65 Å². The molecule has 0 amide bonds. The molecule has 88 valence electrons. The van der Waals surface area contributed by atoms with Crippen LogP contribution in [0.5, 0.6) is 0 Å². The minimum atomic E-state index is 0.575. The predicted octanol–water partition coefficient (Wildman–Crippen LogP) is 2.08. The average Bonchev–Trinajstić information content (AvgIpc) is 2.70. The van der Waals surface area contributed by atoms with Crippen molar-refractivity contribution in [2.24, 2.45) is 10.7 Å². The van der Waals surface area contributed by atoms with Crippen LogP contribution in [0.1, 0.15) is 18.2 Å². The molecule has 2 aromatic heterocycles. The number of nitrogens with zero attached hydrogens (tertiary/aromatic N) is 3. The third-order valence-electron chi connectivity index (χ3n) is 2.46. The second-order valence-electron chi connectivity index (χ2n) is 4.08. The molecule has 0 saturated heterocycles. The first-order valence-electron chi connectivity index (χ1n) is 5.51. The molecule has 0 aliphatic rings. The molecule has 2 N–H and O–H groups in total. The lowest BCUT2D eigenvalue weighted by Gasteiger charge is -1.93. The quantitative estimate of drug-likeness (QED) is 0.818. The third kappa shape index (κ3) is 2.72. The Morgan fingerprint density at radius 1 is 1.47 bits per heavy atom. The highest BCUT2D eigenvalue weighted by molar-refractivity contribution is 5.77. The predicted molar refractivity (Wildman–Crippen MR) is 70.1 cm³/mol. The van der Waals surface area contributed by atoms with Crippen LogP contribution in [0.2, 0.25) is 0 Å². The summed E-state index contributed by atoms with van der Waals surface area (Å²) in [5, 5.41) is 0. The van der Waals surface area contributed by atoms with Crippen molar-refractivity contribution < 1.29 is 0 Å².